The molecule has 0 aliphatic rings. The van der Waals surface area contributed by atoms with E-state index in [9.17, 15) is 9.59 Å². The zero-order valence-corrected chi connectivity index (χ0v) is 17.8. The zero-order chi connectivity index (χ0) is 21.5. The third-order valence-electron chi connectivity index (χ3n) is 4.44. The van der Waals surface area contributed by atoms with Crippen LogP contribution < -0.4 is 5.32 Å². The van der Waals surface area contributed by atoms with Crippen molar-refractivity contribution < 1.29 is 14.1 Å². The summed E-state index contributed by atoms with van der Waals surface area (Å²) in [6.07, 6.45) is 3.85. The molecule has 0 bridgehead atoms. The predicted octanol–water partition coefficient (Wildman–Crippen LogP) is 4.28. The third kappa shape index (κ3) is 6.05. The summed E-state index contributed by atoms with van der Waals surface area (Å²) >= 11 is 11.9. The van der Waals surface area contributed by atoms with Crippen LogP contribution in [0.1, 0.15) is 23.2 Å². The van der Waals surface area contributed by atoms with Gasteiger partial charge in [0.05, 0.1) is 5.69 Å². The molecular weight excluding hydrogens is 427 g/mol. The number of rotatable bonds is 8. The van der Waals surface area contributed by atoms with Crippen LogP contribution in [-0.2, 0) is 22.6 Å². The molecule has 2 amide bonds. The van der Waals surface area contributed by atoms with Gasteiger partial charge < -0.3 is 14.7 Å². The molecule has 156 valence electrons. The van der Waals surface area contributed by atoms with E-state index in [0.717, 1.165) is 5.56 Å². The van der Waals surface area contributed by atoms with Gasteiger partial charge in [-0.2, -0.15) is 0 Å². The molecule has 3 aromatic rings. The average molecular weight is 447 g/mol. The van der Waals surface area contributed by atoms with Crippen LogP contribution in [0, 0.1) is 6.92 Å². The Labute approximate surface area is 184 Å². The highest BCUT2D eigenvalue weighted by atomic mass is 35.5. The van der Waals surface area contributed by atoms with Gasteiger partial charge in [0.25, 0.3) is 0 Å². The fraction of sp³-hybridized carbons (Fsp3) is 0.238. The highest BCUT2D eigenvalue weighted by molar-refractivity contribution is 6.30. The molecule has 0 saturated heterocycles. The number of hydrogen-bond donors (Lipinski definition) is 1. The molecule has 0 spiro atoms. The Morgan fingerprint density at radius 2 is 1.93 bits per heavy atom. The number of halogens is 2. The standard InChI is InChI=1S/C21H20Cl2N4O3/c1-14-18(21(23)30-26-14)8-9-20(29)27(12-15-3-2-10-24-11-15)13-19(28)25-17-6-4-16(22)5-7-17/h2-7,10-11H,8-9,12-13H2,1H3,(H,25,28). The molecule has 0 atom stereocenters. The number of benzene rings is 1. The number of amides is 2. The highest BCUT2D eigenvalue weighted by Gasteiger charge is 2.20. The lowest BCUT2D eigenvalue weighted by Gasteiger charge is -2.22. The number of nitrogens with one attached hydrogen (secondary N) is 1. The van der Waals surface area contributed by atoms with Crippen molar-refractivity contribution in [3.8, 4) is 0 Å². The first-order valence-electron chi connectivity index (χ1n) is 9.25. The van der Waals surface area contributed by atoms with Crippen molar-refractivity contribution in [1.29, 1.82) is 0 Å². The Morgan fingerprint density at radius 3 is 2.57 bits per heavy atom. The molecule has 0 aliphatic heterocycles. The Hall–Kier alpha value is -2.90. The van der Waals surface area contributed by atoms with Gasteiger partial charge in [0.15, 0.2) is 0 Å². The smallest absolute Gasteiger partial charge is 0.244 e. The maximum absolute atomic E-state index is 12.9. The van der Waals surface area contributed by atoms with Crippen LogP contribution in [0.4, 0.5) is 5.69 Å². The molecule has 0 radical (unpaired) electrons. The second-order valence-corrected chi connectivity index (χ2v) is 7.47. The van der Waals surface area contributed by atoms with E-state index in [1.54, 1.807) is 49.6 Å². The molecular formula is C21H20Cl2N4O3. The summed E-state index contributed by atoms with van der Waals surface area (Å²) in [6.45, 7) is 1.92. The first-order valence-corrected chi connectivity index (χ1v) is 10.0. The first kappa shape index (κ1) is 21.8. The van der Waals surface area contributed by atoms with Crippen molar-refractivity contribution in [3.05, 3.63) is 75.9 Å². The van der Waals surface area contributed by atoms with Gasteiger partial charge in [0.2, 0.25) is 17.0 Å². The number of aromatic nitrogens is 2. The lowest BCUT2D eigenvalue weighted by Crippen LogP contribution is -2.37. The lowest BCUT2D eigenvalue weighted by atomic mass is 10.1. The van der Waals surface area contributed by atoms with Crippen molar-refractivity contribution >= 4 is 40.7 Å². The van der Waals surface area contributed by atoms with Crippen LogP contribution in [-0.4, -0.2) is 33.4 Å². The number of carbonyl (C=O) groups is 2. The topological polar surface area (TPSA) is 88.3 Å². The number of nitrogens with zero attached hydrogens (tertiary/aromatic N) is 3. The number of anilines is 1. The molecule has 2 aromatic heterocycles. The second-order valence-electron chi connectivity index (χ2n) is 6.69. The number of carbonyl (C=O) groups excluding carboxylic acids is 2. The molecule has 30 heavy (non-hydrogen) atoms. The van der Waals surface area contributed by atoms with Gasteiger partial charge in [-0.1, -0.05) is 22.8 Å². The van der Waals surface area contributed by atoms with E-state index in [4.69, 9.17) is 27.7 Å². The fourth-order valence-corrected chi connectivity index (χ4v) is 3.27. The molecule has 9 heteroatoms. The van der Waals surface area contributed by atoms with Crippen molar-refractivity contribution in [2.45, 2.75) is 26.3 Å². The van der Waals surface area contributed by atoms with Crippen LogP contribution in [0.25, 0.3) is 0 Å². The van der Waals surface area contributed by atoms with Crippen LogP contribution >= 0.6 is 23.2 Å². The van der Waals surface area contributed by atoms with Gasteiger partial charge in [-0.25, -0.2) is 0 Å². The van der Waals surface area contributed by atoms with Gasteiger partial charge in [0.1, 0.15) is 6.54 Å². The Balaban J connectivity index is 1.68. The van der Waals surface area contributed by atoms with Gasteiger partial charge in [-0.15, -0.1) is 0 Å². The van der Waals surface area contributed by atoms with Gasteiger partial charge in [-0.3, -0.25) is 14.6 Å². The Morgan fingerprint density at radius 1 is 1.17 bits per heavy atom. The van der Waals surface area contributed by atoms with Crippen molar-refractivity contribution in [1.82, 2.24) is 15.0 Å². The summed E-state index contributed by atoms with van der Waals surface area (Å²) in [5.74, 6) is -0.504. The molecule has 1 aromatic carbocycles. The minimum Gasteiger partial charge on any atom is -0.344 e. The average Bonchev–Trinajstić information content (AvgIpc) is 3.05. The van der Waals surface area contributed by atoms with E-state index in [1.165, 1.54) is 4.90 Å². The largest absolute Gasteiger partial charge is 0.344 e. The zero-order valence-electron chi connectivity index (χ0n) is 16.3. The molecule has 2 heterocycles. The molecule has 0 unspecified atom stereocenters. The Bertz CT molecular complexity index is 987. The predicted molar refractivity (Wildman–Crippen MR) is 114 cm³/mol. The summed E-state index contributed by atoms with van der Waals surface area (Å²) in [4.78, 5) is 31.0. The van der Waals surface area contributed by atoms with E-state index in [-0.39, 0.29) is 36.5 Å². The molecule has 3 rings (SSSR count). The maximum atomic E-state index is 12.9. The van der Waals surface area contributed by atoms with E-state index in [1.807, 2.05) is 6.07 Å². The van der Waals surface area contributed by atoms with Gasteiger partial charge >= 0.3 is 0 Å². The van der Waals surface area contributed by atoms with E-state index in [2.05, 4.69) is 15.5 Å². The SMILES string of the molecule is Cc1noc(Cl)c1CCC(=O)N(CC(=O)Nc1ccc(Cl)cc1)Cc1cccnc1. The molecule has 7 nitrogen and oxygen atoms in total. The van der Waals surface area contributed by atoms with Crippen LogP contribution in [0.5, 0.6) is 0 Å². The van der Waals surface area contributed by atoms with Crippen molar-refractivity contribution in [2.75, 3.05) is 11.9 Å². The molecule has 1 N–H and O–H groups in total. The number of pyridine rings is 1. The van der Waals surface area contributed by atoms with Crippen molar-refractivity contribution in [3.63, 3.8) is 0 Å². The fourth-order valence-electron chi connectivity index (χ4n) is 2.88. The summed E-state index contributed by atoms with van der Waals surface area (Å²) in [7, 11) is 0. The minimum atomic E-state index is -0.311. The third-order valence-corrected chi connectivity index (χ3v) is 4.99. The summed E-state index contributed by atoms with van der Waals surface area (Å²) in [5, 5.41) is 7.32. The summed E-state index contributed by atoms with van der Waals surface area (Å²) in [6, 6.07) is 10.4. The monoisotopic (exact) mass is 446 g/mol. The maximum Gasteiger partial charge on any atom is 0.244 e. The van der Waals surface area contributed by atoms with Crippen molar-refractivity contribution in [2.24, 2.45) is 0 Å². The second kappa shape index (κ2) is 10.2. The van der Waals surface area contributed by atoms with Gasteiger partial charge in [0, 0.05) is 41.6 Å². The Kier molecular flexibility index (Phi) is 7.43. The minimum absolute atomic E-state index is 0.104. The molecule has 0 aliphatic carbocycles. The summed E-state index contributed by atoms with van der Waals surface area (Å²) < 4.78 is 4.93. The van der Waals surface area contributed by atoms with Crippen LogP contribution in [0.15, 0.2) is 53.3 Å². The van der Waals surface area contributed by atoms with E-state index in [0.29, 0.717) is 28.4 Å². The normalized spacial score (nSPS) is 10.6. The number of hydrogen-bond acceptors (Lipinski definition) is 5. The van der Waals surface area contributed by atoms with E-state index >= 15 is 0 Å². The number of aryl methyl sites for hydroxylation is 1. The van der Waals surface area contributed by atoms with Crippen LogP contribution in [0.2, 0.25) is 10.2 Å². The quantitative estimate of drug-likeness (QED) is 0.557. The van der Waals surface area contributed by atoms with E-state index < -0.39 is 0 Å². The first-order chi connectivity index (χ1) is 14.4. The summed E-state index contributed by atoms with van der Waals surface area (Å²) in [5.41, 5.74) is 2.76. The highest BCUT2D eigenvalue weighted by Crippen LogP contribution is 2.21. The van der Waals surface area contributed by atoms with Gasteiger partial charge in [-0.05, 0) is 60.8 Å². The molecule has 0 saturated carbocycles. The molecule has 0 fully saturated rings. The van der Waals surface area contributed by atoms with Crippen LogP contribution in [0.3, 0.4) is 0 Å². The lowest BCUT2D eigenvalue weighted by molar-refractivity contribution is -0.135.